The Kier molecular flexibility index (Phi) is 3.53. The molecule has 0 aromatic heterocycles. The topological polar surface area (TPSA) is 15.3 Å². The molecule has 0 bridgehead atoms. The summed E-state index contributed by atoms with van der Waals surface area (Å²) in [6.45, 7) is 8.38. The number of para-hydroxylation sites is 1. The summed E-state index contributed by atoms with van der Waals surface area (Å²) >= 11 is 0. The lowest BCUT2D eigenvalue weighted by atomic mass is 9.76. The number of nitrogens with one attached hydrogen (secondary N) is 1. The molecule has 1 N–H and O–H groups in total. The molecule has 1 aromatic rings. The first kappa shape index (κ1) is 13.0. The fourth-order valence-corrected chi connectivity index (χ4v) is 3.81. The van der Waals surface area contributed by atoms with Crippen LogP contribution in [0.3, 0.4) is 0 Å². The Hall–Kier alpha value is -1.02. The minimum absolute atomic E-state index is 0.525. The molecule has 0 amide bonds. The molecular formula is C17H26N2. The van der Waals surface area contributed by atoms with Gasteiger partial charge >= 0.3 is 0 Å². The number of benzene rings is 1. The highest BCUT2D eigenvalue weighted by molar-refractivity contribution is 5.59. The number of rotatable bonds is 3. The van der Waals surface area contributed by atoms with E-state index in [-0.39, 0.29) is 0 Å². The summed E-state index contributed by atoms with van der Waals surface area (Å²) in [4.78, 5) is 2.67. The van der Waals surface area contributed by atoms with Gasteiger partial charge in [0, 0.05) is 18.3 Å². The molecule has 3 rings (SSSR count). The van der Waals surface area contributed by atoms with Crippen LogP contribution in [0.25, 0.3) is 0 Å². The Morgan fingerprint density at radius 3 is 2.74 bits per heavy atom. The van der Waals surface area contributed by atoms with Crippen LogP contribution in [0, 0.1) is 5.41 Å². The third-order valence-electron chi connectivity index (χ3n) is 5.27. The molecule has 0 saturated carbocycles. The summed E-state index contributed by atoms with van der Waals surface area (Å²) in [5.41, 5.74) is 3.55. The third-order valence-corrected chi connectivity index (χ3v) is 5.27. The molecule has 104 valence electrons. The summed E-state index contributed by atoms with van der Waals surface area (Å²) in [6.07, 6.45) is 5.18. The van der Waals surface area contributed by atoms with Gasteiger partial charge in [-0.25, -0.2) is 0 Å². The molecule has 1 atom stereocenters. The Labute approximate surface area is 117 Å². The van der Waals surface area contributed by atoms with Crippen molar-refractivity contribution >= 4 is 5.69 Å². The van der Waals surface area contributed by atoms with Crippen molar-refractivity contribution in [3.8, 4) is 0 Å². The second-order valence-corrected chi connectivity index (χ2v) is 6.41. The van der Waals surface area contributed by atoms with Gasteiger partial charge in [0.2, 0.25) is 0 Å². The first-order chi connectivity index (χ1) is 9.24. The summed E-state index contributed by atoms with van der Waals surface area (Å²) in [5.74, 6) is 0. The van der Waals surface area contributed by atoms with E-state index in [0.29, 0.717) is 11.5 Å². The highest BCUT2D eigenvalue weighted by Crippen LogP contribution is 2.39. The molecule has 2 aliphatic heterocycles. The molecule has 2 aliphatic rings. The summed E-state index contributed by atoms with van der Waals surface area (Å²) in [7, 11) is 0. The van der Waals surface area contributed by atoms with Gasteiger partial charge in [0.25, 0.3) is 0 Å². The maximum atomic E-state index is 3.51. The van der Waals surface area contributed by atoms with Crippen LogP contribution < -0.4 is 10.2 Å². The van der Waals surface area contributed by atoms with Gasteiger partial charge in [0.15, 0.2) is 0 Å². The van der Waals surface area contributed by atoms with Crippen LogP contribution in [-0.2, 0) is 6.42 Å². The minimum Gasteiger partial charge on any atom is -0.368 e. The summed E-state index contributed by atoms with van der Waals surface area (Å²) in [5, 5.41) is 3.51. The van der Waals surface area contributed by atoms with Crippen molar-refractivity contribution in [2.75, 3.05) is 24.5 Å². The van der Waals surface area contributed by atoms with Gasteiger partial charge < -0.3 is 10.2 Å². The lowest BCUT2D eigenvalue weighted by Gasteiger charge is -2.42. The average molecular weight is 258 g/mol. The van der Waals surface area contributed by atoms with Crippen LogP contribution in [0.2, 0.25) is 0 Å². The number of nitrogens with zero attached hydrogens (tertiary/aromatic N) is 1. The molecule has 2 nitrogen and oxygen atoms in total. The van der Waals surface area contributed by atoms with Crippen LogP contribution in [0.15, 0.2) is 24.3 Å². The predicted molar refractivity (Wildman–Crippen MR) is 81.8 cm³/mol. The highest BCUT2D eigenvalue weighted by Gasteiger charge is 2.36. The van der Waals surface area contributed by atoms with Crippen LogP contribution in [0.1, 0.15) is 38.7 Å². The van der Waals surface area contributed by atoms with Gasteiger partial charge in [-0.2, -0.15) is 0 Å². The van der Waals surface area contributed by atoms with Crippen LogP contribution in [-0.4, -0.2) is 25.7 Å². The molecular weight excluding hydrogens is 232 g/mol. The summed E-state index contributed by atoms with van der Waals surface area (Å²) in [6, 6.07) is 9.63. The first-order valence-corrected chi connectivity index (χ1v) is 7.79. The zero-order chi connectivity index (χ0) is 13.3. The van der Waals surface area contributed by atoms with Gasteiger partial charge in [0.05, 0.1) is 0 Å². The molecule has 0 radical (unpaired) electrons. The monoisotopic (exact) mass is 258 g/mol. The third kappa shape index (κ3) is 2.38. The lowest BCUT2D eigenvalue weighted by Crippen LogP contribution is -2.46. The van der Waals surface area contributed by atoms with E-state index in [4.69, 9.17) is 0 Å². The maximum absolute atomic E-state index is 3.51. The quantitative estimate of drug-likeness (QED) is 0.895. The zero-order valence-corrected chi connectivity index (χ0v) is 12.3. The average Bonchev–Trinajstić information content (AvgIpc) is 2.76. The van der Waals surface area contributed by atoms with Crippen molar-refractivity contribution in [1.82, 2.24) is 5.32 Å². The first-order valence-electron chi connectivity index (χ1n) is 7.79. The molecule has 2 heteroatoms. The fraction of sp³-hybridized carbons (Fsp3) is 0.647. The number of piperidine rings is 1. The number of fused-ring (bicyclic) bond motifs is 1. The van der Waals surface area contributed by atoms with Gasteiger partial charge in [-0.1, -0.05) is 25.1 Å². The standard InChI is InChI=1S/C17H26N2/c1-3-17(8-10-18-11-9-17)13-19-14(2)12-15-6-4-5-7-16(15)19/h4-7,14,18H,3,8-13H2,1-2H3. The number of hydrogen-bond acceptors (Lipinski definition) is 2. The minimum atomic E-state index is 0.525. The van der Waals surface area contributed by atoms with Crippen LogP contribution in [0.5, 0.6) is 0 Å². The van der Waals surface area contributed by atoms with Crippen molar-refractivity contribution in [2.24, 2.45) is 5.41 Å². The summed E-state index contributed by atoms with van der Waals surface area (Å²) < 4.78 is 0. The second kappa shape index (κ2) is 5.16. The smallest absolute Gasteiger partial charge is 0.0402 e. The fourth-order valence-electron chi connectivity index (χ4n) is 3.81. The Morgan fingerprint density at radius 2 is 2.00 bits per heavy atom. The maximum Gasteiger partial charge on any atom is 0.0402 e. The number of hydrogen-bond donors (Lipinski definition) is 1. The molecule has 2 heterocycles. The molecule has 0 spiro atoms. The van der Waals surface area contributed by atoms with Gasteiger partial charge in [-0.05, 0) is 62.7 Å². The van der Waals surface area contributed by atoms with E-state index in [2.05, 4.69) is 48.3 Å². The van der Waals surface area contributed by atoms with E-state index in [0.717, 1.165) is 0 Å². The largest absolute Gasteiger partial charge is 0.368 e. The number of anilines is 1. The van der Waals surface area contributed by atoms with Gasteiger partial charge in [-0.15, -0.1) is 0 Å². The SMILES string of the molecule is CCC1(CN2c3ccccc3CC2C)CCNCC1. The van der Waals surface area contributed by atoms with Crippen molar-refractivity contribution in [3.05, 3.63) is 29.8 Å². The van der Waals surface area contributed by atoms with E-state index in [1.807, 2.05) is 0 Å². The Balaban J connectivity index is 1.82. The van der Waals surface area contributed by atoms with E-state index in [1.54, 1.807) is 0 Å². The Morgan fingerprint density at radius 1 is 1.26 bits per heavy atom. The lowest BCUT2D eigenvalue weighted by molar-refractivity contribution is 0.196. The molecule has 1 saturated heterocycles. The van der Waals surface area contributed by atoms with Gasteiger partial charge in [0.1, 0.15) is 0 Å². The molecule has 1 fully saturated rings. The van der Waals surface area contributed by atoms with Gasteiger partial charge in [-0.3, -0.25) is 0 Å². The predicted octanol–water partition coefficient (Wildman–Crippen LogP) is 3.22. The van der Waals surface area contributed by atoms with Crippen molar-refractivity contribution < 1.29 is 0 Å². The Bertz CT molecular complexity index is 435. The van der Waals surface area contributed by atoms with Crippen LogP contribution >= 0.6 is 0 Å². The van der Waals surface area contributed by atoms with Crippen molar-refractivity contribution in [1.29, 1.82) is 0 Å². The highest BCUT2D eigenvalue weighted by atomic mass is 15.2. The van der Waals surface area contributed by atoms with Crippen LogP contribution in [0.4, 0.5) is 5.69 Å². The second-order valence-electron chi connectivity index (χ2n) is 6.41. The van der Waals surface area contributed by atoms with E-state index >= 15 is 0 Å². The van der Waals surface area contributed by atoms with E-state index in [9.17, 15) is 0 Å². The van der Waals surface area contributed by atoms with E-state index in [1.165, 1.54) is 56.6 Å². The normalized spacial score (nSPS) is 25.4. The molecule has 1 aromatic carbocycles. The van der Waals surface area contributed by atoms with Crippen molar-refractivity contribution in [3.63, 3.8) is 0 Å². The molecule has 1 unspecified atom stereocenters. The molecule has 19 heavy (non-hydrogen) atoms. The zero-order valence-electron chi connectivity index (χ0n) is 12.3. The molecule has 0 aliphatic carbocycles. The van der Waals surface area contributed by atoms with E-state index < -0.39 is 0 Å². The van der Waals surface area contributed by atoms with Crippen molar-refractivity contribution in [2.45, 2.75) is 45.6 Å².